The van der Waals surface area contributed by atoms with Crippen LogP contribution in [0.1, 0.15) is 57.1 Å². The summed E-state index contributed by atoms with van der Waals surface area (Å²) in [7, 11) is 0. The Hall–Kier alpha value is -0.980. The van der Waals surface area contributed by atoms with Crippen LogP contribution in [0.4, 0.5) is 0 Å². The second kappa shape index (κ2) is 8.46. The first-order chi connectivity index (χ1) is 10.2. The van der Waals surface area contributed by atoms with Crippen LogP contribution in [0.2, 0.25) is 0 Å². The molecule has 21 heavy (non-hydrogen) atoms. The van der Waals surface area contributed by atoms with E-state index in [0.717, 1.165) is 35.9 Å². The molecule has 0 saturated heterocycles. The first kappa shape index (κ1) is 16.4. The lowest BCUT2D eigenvalue weighted by Crippen LogP contribution is -2.15. The molecule has 1 aromatic carbocycles. The molecule has 0 radical (unpaired) electrons. The van der Waals surface area contributed by atoms with E-state index in [9.17, 15) is 5.26 Å². The number of thioether (sulfide) groups is 1. The Morgan fingerprint density at radius 3 is 2.95 bits per heavy atom. The Labute approximate surface area is 133 Å². The van der Waals surface area contributed by atoms with Gasteiger partial charge in [0, 0.05) is 16.7 Å². The number of hydrogen-bond acceptors (Lipinski definition) is 3. The van der Waals surface area contributed by atoms with E-state index in [1.807, 2.05) is 11.8 Å². The van der Waals surface area contributed by atoms with Crippen LogP contribution in [0.25, 0.3) is 0 Å². The molecule has 2 nitrogen and oxygen atoms in total. The molecule has 1 aliphatic carbocycles. The van der Waals surface area contributed by atoms with Crippen molar-refractivity contribution >= 4 is 11.8 Å². The van der Waals surface area contributed by atoms with Crippen LogP contribution >= 0.6 is 11.8 Å². The van der Waals surface area contributed by atoms with Crippen molar-refractivity contribution < 1.29 is 0 Å². The lowest BCUT2D eigenvalue weighted by atomic mass is 9.91. The monoisotopic (exact) mass is 302 g/mol. The van der Waals surface area contributed by atoms with E-state index in [2.05, 4.69) is 43.4 Å². The number of nitrogens with one attached hydrogen (secondary N) is 1. The van der Waals surface area contributed by atoms with E-state index < -0.39 is 0 Å². The molecule has 1 fully saturated rings. The van der Waals surface area contributed by atoms with Gasteiger partial charge in [0.2, 0.25) is 0 Å². The van der Waals surface area contributed by atoms with Crippen LogP contribution in [0.5, 0.6) is 0 Å². The normalized spacial score (nSPS) is 22.0. The molecule has 0 amide bonds. The van der Waals surface area contributed by atoms with E-state index >= 15 is 0 Å². The van der Waals surface area contributed by atoms with Crippen LogP contribution in [0.15, 0.2) is 23.1 Å². The molecule has 0 aliphatic heterocycles. The molecule has 0 aromatic heterocycles. The minimum atomic E-state index is 0.685. The van der Waals surface area contributed by atoms with Crippen molar-refractivity contribution in [3.05, 3.63) is 29.3 Å². The number of nitrogens with zero attached hydrogens (tertiary/aromatic N) is 1. The van der Waals surface area contributed by atoms with E-state index in [4.69, 9.17) is 0 Å². The van der Waals surface area contributed by atoms with Gasteiger partial charge in [-0.15, -0.1) is 11.8 Å². The zero-order chi connectivity index (χ0) is 15.1. The molecule has 1 N–H and O–H groups in total. The summed E-state index contributed by atoms with van der Waals surface area (Å²) in [5.74, 6) is 0.833. The predicted molar refractivity (Wildman–Crippen MR) is 90.4 cm³/mol. The van der Waals surface area contributed by atoms with Gasteiger partial charge in [0.25, 0.3) is 0 Å². The summed E-state index contributed by atoms with van der Waals surface area (Å²) in [4.78, 5) is 1.16. The van der Waals surface area contributed by atoms with E-state index in [-0.39, 0.29) is 0 Å². The largest absolute Gasteiger partial charge is 0.313 e. The maximum absolute atomic E-state index is 9.41. The average molecular weight is 302 g/mol. The van der Waals surface area contributed by atoms with Crippen molar-refractivity contribution in [1.29, 1.82) is 5.26 Å². The van der Waals surface area contributed by atoms with Gasteiger partial charge in [-0.05, 0) is 49.4 Å². The molecule has 1 saturated carbocycles. The standard InChI is InChI=1S/C18H26N2S/c1-3-9-20-13-15-7-8-18(16(11-15)12-19)21-17-6-4-5-14(2)10-17/h7-8,11,14,17,20H,3-6,9-10,13H2,1-2H3. The molecular weight excluding hydrogens is 276 g/mol. The molecule has 2 rings (SSSR count). The van der Waals surface area contributed by atoms with Crippen LogP contribution in [-0.4, -0.2) is 11.8 Å². The number of rotatable bonds is 6. The SMILES string of the molecule is CCCNCc1ccc(SC2CCCC(C)C2)c(C#N)c1. The van der Waals surface area contributed by atoms with Crippen molar-refractivity contribution in [2.45, 2.75) is 62.6 Å². The van der Waals surface area contributed by atoms with Gasteiger partial charge in [0.1, 0.15) is 6.07 Å². The van der Waals surface area contributed by atoms with Crippen LogP contribution < -0.4 is 5.32 Å². The third-order valence-electron chi connectivity index (χ3n) is 4.10. The van der Waals surface area contributed by atoms with Gasteiger partial charge in [-0.2, -0.15) is 5.26 Å². The van der Waals surface area contributed by atoms with Crippen molar-refractivity contribution in [2.24, 2.45) is 5.92 Å². The fourth-order valence-corrected chi connectivity index (χ4v) is 4.40. The van der Waals surface area contributed by atoms with Gasteiger partial charge in [-0.3, -0.25) is 0 Å². The summed E-state index contributed by atoms with van der Waals surface area (Å²) in [6.45, 7) is 6.39. The van der Waals surface area contributed by atoms with Crippen LogP contribution in [-0.2, 0) is 6.54 Å². The predicted octanol–water partition coefficient (Wildman–Crippen LogP) is 4.73. The molecule has 0 spiro atoms. The molecule has 114 valence electrons. The quantitative estimate of drug-likeness (QED) is 0.772. The second-order valence-corrected chi connectivity index (χ2v) is 7.47. The minimum absolute atomic E-state index is 0.685. The number of nitriles is 1. The highest BCUT2D eigenvalue weighted by Gasteiger charge is 2.20. The molecule has 1 aliphatic rings. The number of hydrogen-bond donors (Lipinski definition) is 1. The lowest BCUT2D eigenvalue weighted by molar-refractivity contribution is 0.394. The van der Waals surface area contributed by atoms with Gasteiger partial charge in [-0.25, -0.2) is 0 Å². The minimum Gasteiger partial charge on any atom is -0.313 e. The summed E-state index contributed by atoms with van der Waals surface area (Å²) in [6, 6.07) is 8.74. The fraction of sp³-hybridized carbons (Fsp3) is 0.611. The van der Waals surface area contributed by atoms with Gasteiger partial charge in [0.05, 0.1) is 5.56 Å². The zero-order valence-electron chi connectivity index (χ0n) is 13.2. The molecule has 2 unspecified atom stereocenters. The Morgan fingerprint density at radius 2 is 2.24 bits per heavy atom. The first-order valence-corrected chi connectivity index (χ1v) is 9.01. The third-order valence-corrected chi connectivity index (χ3v) is 5.47. The van der Waals surface area contributed by atoms with Gasteiger partial charge in [-0.1, -0.05) is 32.8 Å². The van der Waals surface area contributed by atoms with Crippen LogP contribution in [0.3, 0.4) is 0 Å². The highest BCUT2D eigenvalue weighted by Crippen LogP contribution is 2.37. The van der Waals surface area contributed by atoms with Gasteiger partial charge < -0.3 is 5.32 Å². The molecule has 1 aromatic rings. The van der Waals surface area contributed by atoms with Crippen molar-refractivity contribution in [1.82, 2.24) is 5.32 Å². The molecular formula is C18H26N2S. The summed E-state index contributed by atoms with van der Waals surface area (Å²) in [5, 5.41) is 13.5. The van der Waals surface area contributed by atoms with E-state index in [1.165, 1.54) is 31.2 Å². The fourth-order valence-electron chi connectivity index (χ4n) is 2.95. The molecule has 2 atom stereocenters. The molecule has 0 bridgehead atoms. The average Bonchev–Trinajstić information content (AvgIpc) is 2.49. The number of benzene rings is 1. The Balaban J connectivity index is 2.00. The maximum Gasteiger partial charge on any atom is 0.100 e. The Kier molecular flexibility index (Phi) is 6.60. The Bertz CT molecular complexity index is 492. The topological polar surface area (TPSA) is 35.8 Å². The maximum atomic E-state index is 9.41. The smallest absolute Gasteiger partial charge is 0.100 e. The first-order valence-electron chi connectivity index (χ1n) is 8.13. The van der Waals surface area contributed by atoms with Gasteiger partial charge >= 0.3 is 0 Å². The third kappa shape index (κ3) is 5.05. The van der Waals surface area contributed by atoms with Crippen molar-refractivity contribution in [3.63, 3.8) is 0 Å². The summed E-state index contributed by atoms with van der Waals surface area (Å²) < 4.78 is 0. The van der Waals surface area contributed by atoms with Crippen molar-refractivity contribution in [3.8, 4) is 6.07 Å². The van der Waals surface area contributed by atoms with Crippen molar-refractivity contribution in [2.75, 3.05) is 6.54 Å². The van der Waals surface area contributed by atoms with E-state index in [1.54, 1.807) is 0 Å². The summed E-state index contributed by atoms with van der Waals surface area (Å²) in [5.41, 5.74) is 2.05. The Morgan fingerprint density at radius 1 is 1.38 bits per heavy atom. The van der Waals surface area contributed by atoms with E-state index in [0.29, 0.717) is 5.25 Å². The van der Waals surface area contributed by atoms with Gasteiger partial charge in [0.15, 0.2) is 0 Å². The molecule has 3 heteroatoms. The highest BCUT2D eigenvalue weighted by atomic mass is 32.2. The molecule has 0 heterocycles. The van der Waals surface area contributed by atoms with Crippen LogP contribution in [0, 0.1) is 17.2 Å². The summed E-state index contributed by atoms with van der Waals surface area (Å²) >= 11 is 1.91. The highest BCUT2D eigenvalue weighted by molar-refractivity contribution is 8.00. The lowest BCUT2D eigenvalue weighted by Gasteiger charge is -2.26. The zero-order valence-corrected chi connectivity index (χ0v) is 14.0. The summed E-state index contributed by atoms with van der Waals surface area (Å²) in [6.07, 6.45) is 6.41. The second-order valence-electron chi connectivity index (χ2n) is 6.13.